The molecule has 144 valence electrons. The maximum Gasteiger partial charge on any atom is 0.586 e. The molecular formula is C20H16F2N2O4. The van der Waals surface area contributed by atoms with Crippen molar-refractivity contribution in [1.29, 1.82) is 0 Å². The molecule has 1 atom stereocenters. The Balaban J connectivity index is 1.52. The van der Waals surface area contributed by atoms with E-state index in [1.165, 1.54) is 30.0 Å². The monoisotopic (exact) mass is 386 g/mol. The van der Waals surface area contributed by atoms with Gasteiger partial charge in [-0.25, -0.2) is 0 Å². The minimum absolute atomic E-state index is 0.00549. The normalized spacial score (nSPS) is 18.5. The summed E-state index contributed by atoms with van der Waals surface area (Å²) in [4.78, 5) is 26.1. The van der Waals surface area contributed by atoms with Gasteiger partial charge in [0.25, 0.3) is 0 Å². The van der Waals surface area contributed by atoms with Crippen LogP contribution < -0.4 is 14.8 Å². The van der Waals surface area contributed by atoms with Gasteiger partial charge in [0, 0.05) is 24.9 Å². The van der Waals surface area contributed by atoms with Gasteiger partial charge in [-0.2, -0.15) is 0 Å². The van der Waals surface area contributed by atoms with Crippen molar-refractivity contribution < 1.29 is 27.8 Å². The number of carbonyl (C=O) groups is 2. The highest BCUT2D eigenvalue weighted by Gasteiger charge is 2.43. The Morgan fingerprint density at radius 1 is 1.14 bits per heavy atom. The molecule has 28 heavy (non-hydrogen) atoms. The molecule has 2 aromatic rings. The van der Waals surface area contributed by atoms with E-state index < -0.39 is 12.3 Å². The number of nitrogens with zero attached hydrogens (tertiary/aromatic N) is 1. The van der Waals surface area contributed by atoms with Gasteiger partial charge in [0.1, 0.15) is 0 Å². The van der Waals surface area contributed by atoms with Crippen molar-refractivity contribution in [1.82, 2.24) is 4.90 Å². The van der Waals surface area contributed by atoms with E-state index in [2.05, 4.69) is 14.8 Å². The van der Waals surface area contributed by atoms with Crippen molar-refractivity contribution in [3.8, 4) is 11.5 Å². The van der Waals surface area contributed by atoms with Crippen molar-refractivity contribution in [2.24, 2.45) is 0 Å². The molecule has 0 saturated heterocycles. The highest BCUT2D eigenvalue weighted by molar-refractivity contribution is 5.92. The Bertz CT molecular complexity index is 990. The number of hydrogen-bond donors (Lipinski definition) is 1. The van der Waals surface area contributed by atoms with Crippen LogP contribution in [-0.4, -0.2) is 23.0 Å². The molecular weight excluding hydrogens is 370 g/mol. The number of nitrogens with one attached hydrogen (secondary N) is 1. The molecule has 2 aliphatic rings. The first-order chi connectivity index (χ1) is 13.3. The van der Waals surface area contributed by atoms with E-state index in [0.717, 1.165) is 11.1 Å². The first-order valence-corrected chi connectivity index (χ1v) is 8.58. The highest BCUT2D eigenvalue weighted by atomic mass is 19.3. The molecule has 0 spiro atoms. The predicted octanol–water partition coefficient (Wildman–Crippen LogP) is 3.91. The summed E-state index contributed by atoms with van der Waals surface area (Å²) in [6.45, 7) is 1.43. The lowest BCUT2D eigenvalue weighted by atomic mass is 9.93. The fourth-order valence-corrected chi connectivity index (χ4v) is 3.33. The molecule has 0 bridgehead atoms. The molecule has 4 rings (SSSR count). The van der Waals surface area contributed by atoms with Crippen LogP contribution in [0.5, 0.6) is 11.5 Å². The zero-order valence-electron chi connectivity index (χ0n) is 14.8. The van der Waals surface area contributed by atoms with Crippen LogP contribution >= 0.6 is 0 Å². The fraction of sp³-hybridized carbons (Fsp3) is 0.200. The van der Waals surface area contributed by atoms with E-state index in [-0.39, 0.29) is 29.7 Å². The molecule has 2 heterocycles. The summed E-state index contributed by atoms with van der Waals surface area (Å²) in [6.07, 6.45) is -0.231. The van der Waals surface area contributed by atoms with Crippen LogP contribution in [0.4, 0.5) is 14.5 Å². The molecule has 0 unspecified atom stereocenters. The van der Waals surface area contributed by atoms with Gasteiger partial charge in [-0.3, -0.25) is 9.59 Å². The van der Waals surface area contributed by atoms with Crippen molar-refractivity contribution >= 4 is 23.6 Å². The standard InChI is InChI=1S/C20H16F2N2O4/c1-12(25)24-9-8-13-4-2-3-5-15(13)16(24)11-19(26)23-14-6-7-17-18(10-14)28-20(21,22)27-17/h2-10,16H,11H2,1H3,(H,23,26)/t16-/m1/s1. The molecule has 1 N–H and O–H groups in total. The van der Waals surface area contributed by atoms with E-state index in [4.69, 9.17) is 0 Å². The topological polar surface area (TPSA) is 67.9 Å². The van der Waals surface area contributed by atoms with Crippen LogP contribution in [0.3, 0.4) is 0 Å². The third-order valence-electron chi connectivity index (χ3n) is 4.53. The SMILES string of the molecule is CC(=O)N1C=Cc2ccccc2[C@H]1CC(=O)Nc1ccc2c(c1)OC(F)(F)O2. The Morgan fingerprint density at radius 3 is 2.68 bits per heavy atom. The van der Waals surface area contributed by atoms with Crippen molar-refractivity contribution in [2.75, 3.05) is 5.32 Å². The summed E-state index contributed by atoms with van der Waals surface area (Å²) in [5.74, 6) is -0.808. The summed E-state index contributed by atoms with van der Waals surface area (Å²) in [6, 6.07) is 11.1. The molecule has 2 amide bonds. The van der Waals surface area contributed by atoms with Crippen molar-refractivity contribution in [2.45, 2.75) is 25.7 Å². The molecule has 0 radical (unpaired) electrons. The summed E-state index contributed by atoms with van der Waals surface area (Å²) >= 11 is 0. The third kappa shape index (κ3) is 3.40. The Kier molecular flexibility index (Phi) is 4.26. The number of anilines is 1. The average molecular weight is 386 g/mol. The van der Waals surface area contributed by atoms with Crippen LogP contribution in [-0.2, 0) is 9.59 Å². The number of ether oxygens (including phenoxy) is 2. The van der Waals surface area contributed by atoms with E-state index >= 15 is 0 Å². The van der Waals surface area contributed by atoms with E-state index in [1.54, 1.807) is 6.20 Å². The Labute approximate surface area is 159 Å². The van der Waals surface area contributed by atoms with Gasteiger partial charge in [-0.05, 0) is 29.3 Å². The lowest BCUT2D eigenvalue weighted by Gasteiger charge is -2.32. The number of benzene rings is 2. The first-order valence-electron chi connectivity index (χ1n) is 8.58. The lowest BCUT2D eigenvalue weighted by Crippen LogP contribution is -2.33. The summed E-state index contributed by atoms with van der Waals surface area (Å²) in [5, 5.41) is 2.66. The second kappa shape index (κ2) is 6.63. The van der Waals surface area contributed by atoms with Gasteiger partial charge >= 0.3 is 6.29 Å². The highest BCUT2D eigenvalue weighted by Crippen LogP contribution is 2.42. The largest absolute Gasteiger partial charge is 0.586 e. The maximum atomic E-state index is 13.1. The van der Waals surface area contributed by atoms with Gasteiger partial charge < -0.3 is 19.7 Å². The number of amides is 2. The van der Waals surface area contributed by atoms with Gasteiger partial charge in [0.05, 0.1) is 12.5 Å². The maximum absolute atomic E-state index is 13.1. The number of fused-ring (bicyclic) bond motifs is 2. The fourth-order valence-electron chi connectivity index (χ4n) is 3.33. The quantitative estimate of drug-likeness (QED) is 0.869. The molecule has 6 nitrogen and oxygen atoms in total. The lowest BCUT2D eigenvalue weighted by molar-refractivity contribution is -0.286. The Hall–Kier alpha value is -3.42. The van der Waals surface area contributed by atoms with E-state index in [1.807, 2.05) is 30.3 Å². The van der Waals surface area contributed by atoms with E-state index in [9.17, 15) is 18.4 Å². The third-order valence-corrected chi connectivity index (χ3v) is 4.53. The van der Waals surface area contributed by atoms with Crippen LogP contribution in [0.2, 0.25) is 0 Å². The number of rotatable bonds is 3. The van der Waals surface area contributed by atoms with Crippen LogP contribution in [0.15, 0.2) is 48.7 Å². The van der Waals surface area contributed by atoms with E-state index in [0.29, 0.717) is 5.69 Å². The van der Waals surface area contributed by atoms with Gasteiger partial charge in [0.15, 0.2) is 11.5 Å². The van der Waals surface area contributed by atoms with Crippen LogP contribution in [0, 0.1) is 0 Å². The smallest absolute Gasteiger partial charge is 0.395 e. The number of halogens is 2. The van der Waals surface area contributed by atoms with Gasteiger partial charge in [0.2, 0.25) is 11.8 Å². The van der Waals surface area contributed by atoms with Crippen LogP contribution in [0.25, 0.3) is 6.08 Å². The number of alkyl halides is 2. The summed E-state index contributed by atoms with van der Waals surface area (Å²) in [5.41, 5.74) is 2.09. The predicted molar refractivity (Wildman–Crippen MR) is 96.6 cm³/mol. The van der Waals surface area contributed by atoms with Crippen molar-refractivity contribution in [3.05, 3.63) is 59.8 Å². The number of carbonyl (C=O) groups excluding carboxylic acids is 2. The molecule has 0 aliphatic carbocycles. The second-order valence-electron chi connectivity index (χ2n) is 6.47. The van der Waals surface area contributed by atoms with Gasteiger partial charge in [-0.15, -0.1) is 8.78 Å². The molecule has 2 aliphatic heterocycles. The average Bonchev–Trinajstić information content (AvgIpc) is 2.94. The second-order valence-corrected chi connectivity index (χ2v) is 6.47. The molecule has 0 saturated carbocycles. The molecule has 0 aromatic heterocycles. The first kappa shape index (κ1) is 18.0. The zero-order valence-corrected chi connectivity index (χ0v) is 14.8. The molecule has 0 fully saturated rings. The number of hydrogen-bond acceptors (Lipinski definition) is 4. The van der Waals surface area contributed by atoms with Crippen molar-refractivity contribution in [3.63, 3.8) is 0 Å². The molecule has 2 aromatic carbocycles. The zero-order chi connectivity index (χ0) is 19.9. The minimum Gasteiger partial charge on any atom is -0.395 e. The Morgan fingerprint density at radius 2 is 1.89 bits per heavy atom. The minimum atomic E-state index is -3.72. The molecule has 8 heteroatoms. The van der Waals surface area contributed by atoms with Crippen LogP contribution in [0.1, 0.15) is 30.5 Å². The summed E-state index contributed by atoms with van der Waals surface area (Å²) in [7, 11) is 0. The van der Waals surface area contributed by atoms with Gasteiger partial charge in [-0.1, -0.05) is 24.3 Å². The summed E-state index contributed by atoms with van der Waals surface area (Å²) < 4.78 is 35.0.